The number of halogens is 1. The molecule has 0 bridgehead atoms. The number of carbonyl (C=O) groups is 1. The van der Waals surface area contributed by atoms with E-state index in [-0.39, 0.29) is 18.2 Å². The Balaban J connectivity index is 2.98. The van der Waals surface area contributed by atoms with Gasteiger partial charge in [0.15, 0.2) is 5.82 Å². The molecule has 7 heteroatoms. The molecule has 0 aliphatic rings. The van der Waals surface area contributed by atoms with Crippen molar-refractivity contribution in [3.8, 4) is 5.88 Å². The van der Waals surface area contributed by atoms with Crippen molar-refractivity contribution in [1.82, 2.24) is 4.98 Å². The molecule has 0 spiro atoms. The summed E-state index contributed by atoms with van der Waals surface area (Å²) in [5.41, 5.74) is -0.556. The smallest absolute Gasteiger partial charge is 0.412 e. The van der Waals surface area contributed by atoms with Gasteiger partial charge in [0, 0.05) is 18.7 Å². The number of carboxylic acid groups (broad SMARTS) is 1. The molecular weight excluding hydrogens is 267 g/mol. The first-order chi connectivity index (χ1) is 9.27. The van der Waals surface area contributed by atoms with Crippen LogP contribution in [0.15, 0.2) is 12.3 Å². The monoisotopic (exact) mass is 286 g/mol. The number of aromatic nitrogens is 1. The van der Waals surface area contributed by atoms with Crippen LogP contribution in [0, 0.1) is 5.82 Å². The average Bonchev–Trinajstić information content (AvgIpc) is 2.29. The third-order valence-corrected chi connectivity index (χ3v) is 2.44. The molecule has 1 amide bonds. The van der Waals surface area contributed by atoms with Crippen molar-refractivity contribution in [2.45, 2.75) is 26.3 Å². The van der Waals surface area contributed by atoms with Crippen molar-refractivity contribution < 1.29 is 23.8 Å². The van der Waals surface area contributed by atoms with Gasteiger partial charge in [0.25, 0.3) is 5.88 Å². The normalized spacial score (nSPS) is 11.2. The van der Waals surface area contributed by atoms with Gasteiger partial charge in [0.1, 0.15) is 6.61 Å². The van der Waals surface area contributed by atoms with Gasteiger partial charge >= 0.3 is 6.09 Å². The fourth-order valence-electron chi connectivity index (χ4n) is 1.65. The number of anilines is 1. The highest BCUT2D eigenvalue weighted by Gasteiger charge is 2.28. The molecule has 1 aromatic heterocycles. The predicted molar refractivity (Wildman–Crippen MR) is 71.8 cm³/mol. The quantitative estimate of drug-likeness (QED) is 0.842. The van der Waals surface area contributed by atoms with Gasteiger partial charge < -0.3 is 14.6 Å². The van der Waals surface area contributed by atoms with Crippen LogP contribution in [0.25, 0.3) is 0 Å². The molecule has 0 aliphatic heterocycles. The minimum Gasteiger partial charge on any atom is -0.473 e. The maximum absolute atomic E-state index is 13.8. The number of amides is 1. The van der Waals surface area contributed by atoms with Crippen LogP contribution in [0.3, 0.4) is 0 Å². The molecule has 0 unspecified atom stereocenters. The molecular formula is C13H19FN2O4. The van der Waals surface area contributed by atoms with E-state index in [0.717, 1.165) is 11.0 Å². The second-order valence-corrected chi connectivity index (χ2v) is 5.11. The summed E-state index contributed by atoms with van der Waals surface area (Å²) in [4.78, 5) is 16.1. The van der Waals surface area contributed by atoms with E-state index in [1.165, 1.54) is 13.3 Å². The molecule has 0 atom stereocenters. The summed E-state index contributed by atoms with van der Waals surface area (Å²) in [7, 11) is 1.50. The largest absolute Gasteiger partial charge is 0.473 e. The number of ether oxygens (including phenoxy) is 2. The summed E-state index contributed by atoms with van der Waals surface area (Å²) < 4.78 is 23.7. The molecule has 1 N–H and O–H groups in total. The van der Waals surface area contributed by atoms with Crippen molar-refractivity contribution in [2.24, 2.45) is 0 Å². The van der Waals surface area contributed by atoms with E-state index in [1.807, 2.05) is 0 Å². The first-order valence-electron chi connectivity index (χ1n) is 6.08. The van der Waals surface area contributed by atoms with Crippen molar-refractivity contribution >= 4 is 11.8 Å². The highest BCUT2D eigenvalue weighted by Crippen LogP contribution is 2.26. The Kier molecular flexibility index (Phi) is 5.26. The number of hydrogen-bond acceptors (Lipinski definition) is 4. The van der Waals surface area contributed by atoms with Crippen molar-refractivity contribution in [2.75, 3.05) is 25.2 Å². The van der Waals surface area contributed by atoms with E-state index in [9.17, 15) is 14.3 Å². The van der Waals surface area contributed by atoms with Crippen molar-refractivity contribution in [1.29, 1.82) is 0 Å². The minimum atomic E-state index is -1.17. The summed E-state index contributed by atoms with van der Waals surface area (Å²) in [6, 6.07) is 1.09. The Morgan fingerprint density at radius 2 is 2.10 bits per heavy atom. The Bertz CT molecular complexity index is 474. The number of rotatable bonds is 5. The molecule has 0 radical (unpaired) electrons. The Morgan fingerprint density at radius 1 is 1.45 bits per heavy atom. The predicted octanol–water partition coefficient (Wildman–Crippen LogP) is 2.53. The summed E-state index contributed by atoms with van der Waals surface area (Å²) in [5.74, 6) is -0.890. The highest BCUT2D eigenvalue weighted by molar-refractivity contribution is 5.87. The van der Waals surface area contributed by atoms with Gasteiger partial charge in [-0.2, -0.15) is 0 Å². The second kappa shape index (κ2) is 6.51. The Hall–Kier alpha value is -1.89. The SMILES string of the molecule is COCCOc1ncc(N(C(=O)O)C(C)(C)C)cc1F. The van der Waals surface area contributed by atoms with Gasteiger partial charge in [-0.1, -0.05) is 0 Å². The maximum Gasteiger partial charge on any atom is 0.412 e. The third kappa shape index (κ3) is 4.06. The second-order valence-electron chi connectivity index (χ2n) is 5.11. The van der Waals surface area contributed by atoms with Crippen LogP contribution >= 0.6 is 0 Å². The van der Waals surface area contributed by atoms with Crippen LogP contribution in [0.4, 0.5) is 14.9 Å². The topological polar surface area (TPSA) is 71.9 Å². The number of pyridine rings is 1. The van der Waals surface area contributed by atoms with Gasteiger partial charge in [-0.15, -0.1) is 0 Å². The van der Waals surface area contributed by atoms with E-state index in [0.29, 0.717) is 6.61 Å². The van der Waals surface area contributed by atoms with E-state index in [1.54, 1.807) is 20.8 Å². The van der Waals surface area contributed by atoms with E-state index < -0.39 is 17.4 Å². The van der Waals surface area contributed by atoms with Crippen LogP contribution in [0.5, 0.6) is 5.88 Å². The molecule has 1 rings (SSSR count). The number of nitrogens with zero attached hydrogens (tertiary/aromatic N) is 2. The molecule has 1 heterocycles. The summed E-state index contributed by atoms with van der Waals surface area (Å²) in [6.07, 6.45) is 0.0941. The molecule has 0 saturated heterocycles. The lowest BCUT2D eigenvalue weighted by Crippen LogP contribution is -2.45. The molecule has 20 heavy (non-hydrogen) atoms. The van der Waals surface area contributed by atoms with Crippen LogP contribution in [0.2, 0.25) is 0 Å². The molecule has 0 saturated carbocycles. The molecule has 1 aromatic rings. The maximum atomic E-state index is 13.8. The third-order valence-electron chi connectivity index (χ3n) is 2.44. The van der Waals surface area contributed by atoms with E-state index in [2.05, 4.69) is 4.98 Å². The molecule has 0 fully saturated rings. The molecule has 112 valence electrons. The first-order valence-corrected chi connectivity index (χ1v) is 6.08. The summed E-state index contributed by atoms with van der Waals surface area (Å²) in [6.45, 7) is 5.61. The van der Waals surface area contributed by atoms with Gasteiger partial charge in [0.05, 0.1) is 18.5 Å². The standard InChI is InChI=1S/C13H19FN2O4/c1-13(2,3)16(12(17)18)9-7-10(14)11(15-8-9)20-6-5-19-4/h7-8H,5-6H2,1-4H3,(H,17,18). The lowest BCUT2D eigenvalue weighted by Gasteiger charge is -2.32. The zero-order valence-corrected chi connectivity index (χ0v) is 12.0. The minimum absolute atomic E-state index is 0.154. The van der Waals surface area contributed by atoms with Crippen LogP contribution in [-0.2, 0) is 4.74 Å². The van der Waals surface area contributed by atoms with Crippen molar-refractivity contribution in [3.05, 3.63) is 18.1 Å². The average molecular weight is 286 g/mol. The van der Waals surface area contributed by atoms with Crippen LogP contribution in [-0.4, -0.2) is 42.0 Å². The molecule has 0 aromatic carbocycles. The highest BCUT2D eigenvalue weighted by atomic mass is 19.1. The Labute approximate surface area is 117 Å². The molecule has 6 nitrogen and oxygen atoms in total. The number of methoxy groups -OCH3 is 1. The van der Waals surface area contributed by atoms with Crippen molar-refractivity contribution in [3.63, 3.8) is 0 Å². The van der Waals surface area contributed by atoms with Gasteiger partial charge in [0.2, 0.25) is 0 Å². The van der Waals surface area contributed by atoms with Crippen LogP contribution in [0.1, 0.15) is 20.8 Å². The number of hydrogen-bond donors (Lipinski definition) is 1. The summed E-state index contributed by atoms with van der Waals surface area (Å²) >= 11 is 0. The lowest BCUT2D eigenvalue weighted by molar-refractivity contribution is 0.141. The van der Waals surface area contributed by atoms with Crippen LogP contribution < -0.4 is 9.64 Å². The van der Waals surface area contributed by atoms with Gasteiger partial charge in [-0.3, -0.25) is 4.90 Å². The zero-order valence-electron chi connectivity index (χ0n) is 12.0. The van der Waals surface area contributed by atoms with Gasteiger partial charge in [-0.05, 0) is 20.8 Å². The lowest BCUT2D eigenvalue weighted by atomic mass is 10.1. The zero-order chi connectivity index (χ0) is 15.3. The fourth-order valence-corrected chi connectivity index (χ4v) is 1.65. The van der Waals surface area contributed by atoms with Gasteiger partial charge in [-0.25, -0.2) is 14.2 Å². The molecule has 0 aliphatic carbocycles. The summed E-state index contributed by atoms with van der Waals surface area (Å²) in [5, 5.41) is 9.22. The van der Waals surface area contributed by atoms with E-state index in [4.69, 9.17) is 9.47 Å². The fraction of sp³-hybridized carbons (Fsp3) is 0.538. The first kappa shape index (κ1) is 16.2. The van der Waals surface area contributed by atoms with E-state index >= 15 is 0 Å². The Morgan fingerprint density at radius 3 is 2.55 bits per heavy atom.